The Morgan fingerprint density at radius 2 is 2.12 bits per heavy atom. The average molecular weight is 344 g/mol. The maximum Gasteiger partial charge on any atom is 0.265 e. The molecule has 0 unspecified atom stereocenters. The van der Waals surface area contributed by atoms with Gasteiger partial charge < -0.3 is 4.74 Å². The van der Waals surface area contributed by atoms with E-state index in [0.717, 1.165) is 0 Å². The third-order valence-corrected chi connectivity index (χ3v) is 3.60. The van der Waals surface area contributed by atoms with E-state index in [1.165, 1.54) is 12.1 Å². The van der Waals surface area contributed by atoms with Crippen molar-refractivity contribution in [1.82, 2.24) is 0 Å². The number of terminal acetylenes is 1. The van der Waals surface area contributed by atoms with Gasteiger partial charge in [-0.25, -0.2) is 8.42 Å². The second-order valence-corrected chi connectivity index (χ2v) is 6.50. The lowest BCUT2D eigenvalue weighted by atomic mass is 10.3. The van der Waals surface area contributed by atoms with Crippen molar-refractivity contribution in [3.05, 3.63) is 21.6 Å². The van der Waals surface area contributed by atoms with Crippen LogP contribution in [-0.2, 0) is 9.05 Å². The van der Waals surface area contributed by atoms with Crippen molar-refractivity contribution in [1.29, 1.82) is 0 Å². The average Bonchev–Trinajstić information content (AvgIpc) is 2.14. The molecule has 7 heteroatoms. The van der Waals surface area contributed by atoms with Gasteiger partial charge in [0.2, 0.25) is 0 Å². The Balaban J connectivity index is 3.40. The fourth-order valence-electron chi connectivity index (χ4n) is 0.972. The maximum absolute atomic E-state index is 11.3. The summed E-state index contributed by atoms with van der Waals surface area (Å²) < 4.78 is 28.1. The predicted octanol–water partition coefficient (Wildman–Crippen LogP) is 3.04. The normalized spacial score (nSPS) is 10.9. The second kappa shape index (κ2) is 5.28. The molecule has 0 atom stereocenters. The van der Waals surface area contributed by atoms with E-state index in [2.05, 4.69) is 21.9 Å². The van der Waals surface area contributed by atoms with Gasteiger partial charge in [0.15, 0.2) is 5.75 Å². The maximum atomic E-state index is 11.3. The molecule has 0 aromatic heterocycles. The minimum atomic E-state index is -3.94. The summed E-state index contributed by atoms with van der Waals surface area (Å²) >= 11 is 8.93. The van der Waals surface area contributed by atoms with Crippen molar-refractivity contribution in [2.75, 3.05) is 6.61 Å². The van der Waals surface area contributed by atoms with Crippen LogP contribution < -0.4 is 4.74 Å². The highest BCUT2D eigenvalue weighted by Crippen LogP contribution is 2.36. The molecule has 0 heterocycles. The van der Waals surface area contributed by atoms with Gasteiger partial charge in [-0.1, -0.05) is 33.5 Å². The quantitative estimate of drug-likeness (QED) is 0.625. The molecular formula is C9H5BrCl2O3S. The second-order valence-electron chi connectivity index (χ2n) is 2.65. The lowest BCUT2D eigenvalue weighted by Crippen LogP contribution is -2.01. The zero-order valence-electron chi connectivity index (χ0n) is 7.71. The molecule has 0 aliphatic heterocycles. The van der Waals surface area contributed by atoms with Crippen LogP contribution in [0.15, 0.2) is 21.5 Å². The van der Waals surface area contributed by atoms with Crippen molar-refractivity contribution >= 4 is 47.3 Å². The van der Waals surface area contributed by atoms with E-state index in [4.69, 9.17) is 33.4 Å². The summed E-state index contributed by atoms with van der Waals surface area (Å²) in [5, 5.41) is 0.115. The molecule has 0 saturated carbocycles. The van der Waals surface area contributed by atoms with E-state index in [-0.39, 0.29) is 22.3 Å². The van der Waals surface area contributed by atoms with Gasteiger partial charge in [-0.2, -0.15) is 0 Å². The topological polar surface area (TPSA) is 43.4 Å². The van der Waals surface area contributed by atoms with Crippen molar-refractivity contribution in [3.63, 3.8) is 0 Å². The number of hydrogen-bond acceptors (Lipinski definition) is 3. The summed E-state index contributed by atoms with van der Waals surface area (Å²) in [6, 6.07) is 2.78. The first-order valence-electron chi connectivity index (χ1n) is 3.86. The summed E-state index contributed by atoms with van der Waals surface area (Å²) in [7, 11) is 1.30. The molecule has 0 N–H and O–H groups in total. The van der Waals surface area contributed by atoms with Crippen LogP contribution in [0.4, 0.5) is 0 Å². The largest absolute Gasteiger partial charge is 0.478 e. The SMILES string of the molecule is C#CCOc1c(Cl)cc(Br)cc1S(=O)(=O)Cl. The monoisotopic (exact) mass is 342 g/mol. The Bertz CT molecular complexity index is 549. The fraction of sp³-hybridized carbons (Fsp3) is 0.111. The molecule has 86 valence electrons. The smallest absolute Gasteiger partial charge is 0.265 e. The standard InChI is InChI=1S/C9H5BrCl2O3S/c1-2-3-15-9-7(11)4-6(10)5-8(9)16(12,13)14/h1,4-5H,3H2. The van der Waals surface area contributed by atoms with Crippen LogP contribution in [0.3, 0.4) is 0 Å². The van der Waals surface area contributed by atoms with Gasteiger partial charge in [-0.3, -0.25) is 0 Å². The Hall–Kier alpha value is -0.410. The molecule has 0 amide bonds. The molecule has 1 aromatic rings. The van der Waals surface area contributed by atoms with E-state index in [1.54, 1.807) is 0 Å². The van der Waals surface area contributed by atoms with Crippen LogP contribution in [0.5, 0.6) is 5.75 Å². The van der Waals surface area contributed by atoms with Gasteiger partial charge >= 0.3 is 0 Å². The zero-order valence-corrected chi connectivity index (χ0v) is 11.6. The summed E-state index contributed by atoms with van der Waals surface area (Å²) in [6.07, 6.45) is 5.01. The molecule has 1 aromatic carbocycles. The van der Waals surface area contributed by atoms with Gasteiger partial charge in [0.25, 0.3) is 9.05 Å². The van der Waals surface area contributed by atoms with Crippen LogP contribution in [0.2, 0.25) is 5.02 Å². The fourth-order valence-corrected chi connectivity index (χ4v) is 3.04. The summed E-state index contributed by atoms with van der Waals surface area (Å²) in [6.45, 7) is -0.0965. The van der Waals surface area contributed by atoms with Crippen molar-refractivity contribution < 1.29 is 13.2 Å². The van der Waals surface area contributed by atoms with Crippen molar-refractivity contribution in [3.8, 4) is 18.1 Å². The summed E-state index contributed by atoms with van der Waals surface area (Å²) in [5.41, 5.74) is 0. The Labute approximate surface area is 111 Å². The molecule has 1 rings (SSSR count). The summed E-state index contributed by atoms with van der Waals surface area (Å²) in [5.74, 6) is 2.16. The Kier molecular flexibility index (Phi) is 4.51. The third kappa shape index (κ3) is 3.29. The highest BCUT2D eigenvalue weighted by atomic mass is 79.9. The van der Waals surface area contributed by atoms with E-state index < -0.39 is 9.05 Å². The minimum absolute atomic E-state index is 0.0437. The number of benzene rings is 1. The predicted molar refractivity (Wildman–Crippen MR) is 66.5 cm³/mol. The zero-order chi connectivity index (χ0) is 12.3. The van der Waals surface area contributed by atoms with E-state index in [1.807, 2.05) is 0 Å². The molecule has 0 aliphatic rings. The van der Waals surface area contributed by atoms with Gasteiger partial charge in [-0.05, 0) is 12.1 Å². The minimum Gasteiger partial charge on any atom is -0.478 e. The molecule has 3 nitrogen and oxygen atoms in total. The molecule has 0 radical (unpaired) electrons. The molecule has 0 fully saturated rings. The number of rotatable bonds is 3. The van der Waals surface area contributed by atoms with Gasteiger partial charge in [0.05, 0.1) is 5.02 Å². The lowest BCUT2D eigenvalue weighted by molar-refractivity contribution is 0.360. The van der Waals surface area contributed by atoms with Crippen LogP contribution in [-0.4, -0.2) is 15.0 Å². The first-order valence-corrected chi connectivity index (χ1v) is 7.34. The number of ether oxygens (including phenoxy) is 1. The molecular weight excluding hydrogens is 339 g/mol. The Morgan fingerprint density at radius 3 is 2.62 bits per heavy atom. The van der Waals surface area contributed by atoms with Crippen molar-refractivity contribution in [2.24, 2.45) is 0 Å². The lowest BCUT2D eigenvalue weighted by Gasteiger charge is -2.09. The van der Waals surface area contributed by atoms with E-state index in [9.17, 15) is 8.42 Å². The van der Waals surface area contributed by atoms with Crippen LogP contribution in [0.25, 0.3) is 0 Å². The highest BCUT2D eigenvalue weighted by molar-refractivity contribution is 9.10. The van der Waals surface area contributed by atoms with Gasteiger partial charge in [-0.15, -0.1) is 6.42 Å². The Morgan fingerprint density at radius 1 is 1.50 bits per heavy atom. The summed E-state index contributed by atoms with van der Waals surface area (Å²) in [4.78, 5) is -0.219. The first-order chi connectivity index (χ1) is 7.36. The molecule has 16 heavy (non-hydrogen) atoms. The van der Waals surface area contributed by atoms with Crippen LogP contribution in [0.1, 0.15) is 0 Å². The first kappa shape index (κ1) is 13.7. The number of hydrogen-bond donors (Lipinski definition) is 0. The van der Waals surface area contributed by atoms with Gasteiger partial charge in [0, 0.05) is 15.2 Å². The third-order valence-electron chi connectivity index (χ3n) is 1.54. The molecule has 0 spiro atoms. The highest BCUT2D eigenvalue weighted by Gasteiger charge is 2.20. The van der Waals surface area contributed by atoms with Crippen LogP contribution in [0, 0.1) is 12.3 Å². The molecule has 0 bridgehead atoms. The molecule has 0 aliphatic carbocycles. The van der Waals surface area contributed by atoms with E-state index >= 15 is 0 Å². The van der Waals surface area contributed by atoms with Crippen molar-refractivity contribution in [2.45, 2.75) is 4.90 Å². The van der Waals surface area contributed by atoms with Crippen LogP contribution >= 0.6 is 38.2 Å². The number of halogens is 3. The van der Waals surface area contributed by atoms with E-state index in [0.29, 0.717) is 4.47 Å². The molecule has 0 saturated heterocycles. The van der Waals surface area contributed by atoms with Gasteiger partial charge in [0.1, 0.15) is 11.5 Å².